The van der Waals surface area contributed by atoms with Crippen molar-refractivity contribution in [2.75, 3.05) is 12.3 Å². The van der Waals surface area contributed by atoms with Crippen molar-refractivity contribution in [1.82, 2.24) is 24.8 Å². The van der Waals surface area contributed by atoms with Crippen LogP contribution in [0.15, 0.2) is 66.2 Å². The van der Waals surface area contributed by atoms with Crippen molar-refractivity contribution in [2.24, 2.45) is 0 Å². The Balaban J connectivity index is 1.41. The van der Waals surface area contributed by atoms with Gasteiger partial charge >= 0.3 is 0 Å². The van der Waals surface area contributed by atoms with Gasteiger partial charge in [0.25, 0.3) is 0 Å². The van der Waals surface area contributed by atoms with E-state index in [1.165, 1.54) is 4.90 Å². The maximum absolute atomic E-state index is 11.9. The molecule has 6 nitrogen and oxygen atoms in total. The first-order valence-electron chi connectivity index (χ1n) is 8.05. The first-order chi connectivity index (χ1) is 12.3. The van der Waals surface area contributed by atoms with E-state index in [2.05, 4.69) is 32.4 Å². The third-order valence-electron chi connectivity index (χ3n) is 3.52. The molecule has 0 radical (unpaired) electrons. The lowest BCUT2D eigenvalue weighted by Gasteiger charge is -2.08. The molecule has 2 heterocycles. The van der Waals surface area contributed by atoms with Crippen LogP contribution in [0.3, 0.4) is 0 Å². The number of aromatic nitrogens is 4. The number of benzene rings is 1. The number of thioether (sulfide) groups is 1. The van der Waals surface area contributed by atoms with E-state index in [1.807, 2.05) is 29.0 Å². The molecule has 1 N–H and O–H groups in total. The number of hydrogen-bond donors (Lipinski definition) is 1. The Labute approximate surface area is 150 Å². The molecule has 3 aromatic rings. The number of hydrogen-bond acceptors (Lipinski definition) is 5. The van der Waals surface area contributed by atoms with Crippen LogP contribution in [0.2, 0.25) is 0 Å². The van der Waals surface area contributed by atoms with Gasteiger partial charge in [-0.15, -0.1) is 11.8 Å². The Morgan fingerprint density at radius 3 is 2.80 bits per heavy atom. The largest absolute Gasteiger partial charge is 0.354 e. The number of carbonyl (C=O) groups is 1. The van der Waals surface area contributed by atoms with Gasteiger partial charge in [0.05, 0.1) is 6.20 Å². The molecule has 128 valence electrons. The molecule has 0 aliphatic heterocycles. The van der Waals surface area contributed by atoms with Gasteiger partial charge in [0.15, 0.2) is 5.82 Å². The van der Waals surface area contributed by atoms with Crippen molar-refractivity contribution in [3.63, 3.8) is 0 Å². The van der Waals surface area contributed by atoms with Gasteiger partial charge in [-0.2, -0.15) is 0 Å². The molecule has 0 saturated heterocycles. The molecule has 1 amide bonds. The molecule has 25 heavy (non-hydrogen) atoms. The van der Waals surface area contributed by atoms with Crippen molar-refractivity contribution in [3.8, 4) is 11.5 Å². The fourth-order valence-electron chi connectivity index (χ4n) is 2.32. The van der Waals surface area contributed by atoms with Gasteiger partial charge < -0.3 is 9.88 Å². The lowest BCUT2D eigenvalue weighted by Crippen LogP contribution is -2.27. The SMILES string of the molecule is O=C(CCSc1ccccc1)NCCn1ccnc1-c1cnccn1. The van der Waals surface area contributed by atoms with E-state index < -0.39 is 0 Å². The Hall–Kier alpha value is -2.67. The summed E-state index contributed by atoms with van der Waals surface area (Å²) in [5, 5.41) is 2.95. The van der Waals surface area contributed by atoms with Crippen molar-refractivity contribution < 1.29 is 4.79 Å². The Morgan fingerprint density at radius 2 is 2.00 bits per heavy atom. The van der Waals surface area contributed by atoms with Gasteiger partial charge in [-0.25, -0.2) is 9.97 Å². The van der Waals surface area contributed by atoms with Crippen LogP contribution < -0.4 is 5.32 Å². The average Bonchev–Trinajstić information content (AvgIpc) is 3.12. The summed E-state index contributed by atoms with van der Waals surface area (Å²) >= 11 is 1.69. The van der Waals surface area contributed by atoms with E-state index in [9.17, 15) is 4.79 Å². The van der Waals surface area contributed by atoms with E-state index in [4.69, 9.17) is 0 Å². The van der Waals surface area contributed by atoms with Gasteiger partial charge in [-0.1, -0.05) is 18.2 Å². The first-order valence-corrected chi connectivity index (χ1v) is 9.03. The van der Waals surface area contributed by atoms with Gasteiger partial charge in [-0.05, 0) is 12.1 Å². The van der Waals surface area contributed by atoms with E-state index >= 15 is 0 Å². The maximum Gasteiger partial charge on any atom is 0.220 e. The molecule has 0 unspecified atom stereocenters. The van der Waals surface area contributed by atoms with Gasteiger partial charge in [0.2, 0.25) is 5.91 Å². The highest BCUT2D eigenvalue weighted by Gasteiger charge is 2.07. The molecule has 0 aliphatic rings. The number of amides is 1. The number of nitrogens with zero attached hydrogens (tertiary/aromatic N) is 4. The standard InChI is InChI=1S/C18H19N5OS/c24-17(6-13-25-15-4-2-1-3-5-15)21-9-11-23-12-10-22-18(23)16-14-19-7-8-20-16/h1-5,7-8,10,12,14H,6,9,11,13H2,(H,21,24). The molecular formula is C18H19N5OS. The second-order valence-electron chi connectivity index (χ2n) is 5.30. The monoisotopic (exact) mass is 353 g/mol. The Kier molecular flexibility index (Phi) is 6.17. The summed E-state index contributed by atoms with van der Waals surface area (Å²) in [7, 11) is 0. The predicted octanol–water partition coefficient (Wildman–Crippen LogP) is 2.64. The molecule has 3 rings (SSSR count). The second kappa shape index (κ2) is 8.98. The fourth-order valence-corrected chi connectivity index (χ4v) is 3.19. The van der Waals surface area contributed by atoms with Crippen molar-refractivity contribution >= 4 is 17.7 Å². The van der Waals surface area contributed by atoms with Crippen LogP contribution in [0.1, 0.15) is 6.42 Å². The number of imidazole rings is 1. The highest BCUT2D eigenvalue weighted by Crippen LogP contribution is 2.17. The first kappa shape index (κ1) is 17.2. The molecule has 0 spiro atoms. The molecule has 0 aliphatic carbocycles. The molecule has 0 bridgehead atoms. The predicted molar refractivity (Wildman–Crippen MR) is 98.0 cm³/mol. The van der Waals surface area contributed by atoms with Crippen molar-refractivity contribution in [1.29, 1.82) is 0 Å². The third kappa shape index (κ3) is 5.15. The van der Waals surface area contributed by atoms with Crippen molar-refractivity contribution in [2.45, 2.75) is 17.9 Å². The average molecular weight is 353 g/mol. The summed E-state index contributed by atoms with van der Waals surface area (Å²) in [6.07, 6.45) is 9.05. The molecular weight excluding hydrogens is 334 g/mol. The van der Waals surface area contributed by atoms with Gasteiger partial charge in [0, 0.05) is 54.9 Å². The minimum atomic E-state index is 0.0598. The highest BCUT2D eigenvalue weighted by atomic mass is 32.2. The van der Waals surface area contributed by atoms with Crippen LogP contribution >= 0.6 is 11.8 Å². The molecule has 0 atom stereocenters. The van der Waals surface area contributed by atoms with Gasteiger partial charge in [-0.3, -0.25) is 9.78 Å². The van der Waals surface area contributed by atoms with Crippen LogP contribution in [0.5, 0.6) is 0 Å². The number of nitrogens with one attached hydrogen (secondary N) is 1. The quantitative estimate of drug-likeness (QED) is 0.630. The third-order valence-corrected chi connectivity index (χ3v) is 4.54. The maximum atomic E-state index is 11.9. The summed E-state index contributed by atoms with van der Waals surface area (Å²) < 4.78 is 1.96. The lowest BCUT2D eigenvalue weighted by atomic mass is 10.4. The number of carbonyl (C=O) groups excluding carboxylic acids is 1. The summed E-state index contributed by atoms with van der Waals surface area (Å²) in [6, 6.07) is 10.1. The highest BCUT2D eigenvalue weighted by molar-refractivity contribution is 7.99. The zero-order valence-electron chi connectivity index (χ0n) is 13.7. The Morgan fingerprint density at radius 1 is 1.12 bits per heavy atom. The summed E-state index contributed by atoms with van der Waals surface area (Å²) in [6.45, 7) is 1.20. The number of rotatable bonds is 8. The van der Waals surface area contributed by atoms with E-state index in [0.29, 0.717) is 19.5 Å². The molecule has 7 heteroatoms. The zero-order chi connectivity index (χ0) is 17.3. The normalized spacial score (nSPS) is 10.6. The van der Waals surface area contributed by atoms with E-state index in [-0.39, 0.29) is 5.91 Å². The summed E-state index contributed by atoms with van der Waals surface area (Å²) in [5.74, 6) is 1.58. The smallest absolute Gasteiger partial charge is 0.220 e. The molecule has 1 aromatic carbocycles. The minimum absolute atomic E-state index is 0.0598. The van der Waals surface area contributed by atoms with E-state index in [1.54, 1.807) is 36.5 Å². The minimum Gasteiger partial charge on any atom is -0.354 e. The Bertz CT molecular complexity index is 791. The fraction of sp³-hybridized carbons (Fsp3) is 0.222. The van der Waals surface area contributed by atoms with E-state index in [0.717, 1.165) is 17.3 Å². The zero-order valence-corrected chi connectivity index (χ0v) is 14.5. The lowest BCUT2D eigenvalue weighted by molar-refractivity contribution is -0.120. The molecule has 0 saturated carbocycles. The molecule has 2 aromatic heterocycles. The van der Waals surface area contributed by atoms with Crippen LogP contribution in [-0.4, -0.2) is 37.7 Å². The van der Waals surface area contributed by atoms with Crippen molar-refractivity contribution in [3.05, 3.63) is 61.3 Å². The van der Waals surface area contributed by atoms with Crippen LogP contribution in [0.25, 0.3) is 11.5 Å². The van der Waals surface area contributed by atoms with Crippen LogP contribution in [-0.2, 0) is 11.3 Å². The topological polar surface area (TPSA) is 72.7 Å². The second-order valence-corrected chi connectivity index (χ2v) is 6.46. The van der Waals surface area contributed by atoms with Gasteiger partial charge in [0.1, 0.15) is 5.69 Å². The summed E-state index contributed by atoms with van der Waals surface area (Å²) in [5.41, 5.74) is 0.720. The van der Waals surface area contributed by atoms with Crippen LogP contribution in [0, 0.1) is 0 Å². The summed E-state index contributed by atoms with van der Waals surface area (Å²) in [4.78, 5) is 25.8. The molecule has 0 fully saturated rings. The van der Waals surface area contributed by atoms with Crippen LogP contribution in [0.4, 0.5) is 0 Å².